The van der Waals surface area contributed by atoms with Crippen molar-refractivity contribution < 1.29 is 0 Å². The molecule has 1 aromatic heterocycles. The number of rotatable bonds is 1. The van der Waals surface area contributed by atoms with Crippen molar-refractivity contribution in [1.29, 1.82) is 0 Å². The van der Waals surface area contributed by atoms with Crippen molar-refractivity contribution in [2.45, 2.75) is 19.4 Å². The van der Waals surface area contributed by atoms with E-state index in [1.165, 1.54) is 0 Å². The van der Waals surface area contributed by atoms with E-state index in [0.29, 0.717) is 17.6 Å². The molecule has 0 aromatic carbocycles. The molecule has 0 aliphatic heterocycles. The number of nitrogen functional groups attached to an aromatic ring is 1. The number of aromatic nitrogens is 1. The number of nitrogens with two attached hydrogens (primary N) is 1. The highest BCUT2D eigenvalue weighted by molar-refractivity contribution is 5.34. The first kappa shape index (κ1) is 7.40. The van der Waals surface area contributed by atoms with Gasteiger partial charge in [0.25, 0.3) is 5.56 Å². The van der Waals surface area contributed by atoms with E-state index >= 15 is 0 Å². The van der Waals surface area contributed by atoms with Gasteiger partial charge in [-0.05, 0) is 24.5 Å². The summed E-state index contributed by atoms with van der Waals surface area (Å²) < 4.78 is 1.74. The van der Waals surface area contributed by atoms with Gasteiger partial charge in [0, 0.05) is 12.2 Å². The van der Waals surface area contributed by atoms with E-state index in [1.807, 2.05) is 12.3 Å². The van der Waals surface area contributed by atoms with Crippen LogP contribution in [0.4, 0.5) is 5.69 Å². The molecule has 12 heavy (non-hydrogen) atoms. The Morgan fingerprint density at radius 1 is 1.67 bits per heavy atom. The molecule has 1 heterocycles. The minimum absolute atomic E-state index is 0.0492. The van der Waals surface area contributed by atoms with Crippen molar-refractivity contribution in [2.24, 2.45) is 5.92 Å². The maximum Gasteiger partial charge on any atom is 0.273 e. The third kappa shape index (κ3) is 1.02. The van der Waals surface area contributed by atoms with Gasteiger partial charge in [0.1, 0.15) is 0 Å². The van der Waals surface area contributed by atoms with E-state index in [0.717, 1.165) is 6.42 Å². The molecule has 1 unspecified atom stereocenters. The molecule has 0 spiro atoms. The van der Waals surface area contributed by atoms with Crippen molar-refractivity contribution in [1.82, 2.24) is 4.57 Å². The number of pyridine rings is 1. The van der Waals surface area contributed by atoms with E-state index in [1.54, 1.807) is 10.6 Å². The monoisotopic (exact) mass is 164 g/mol. The van der Waals surface area contributed by atoms with Crippen LogP contribution in [0.3, 0.4) is 0 Å². The second-order valence-electron chi connectivity index (χ2n) is 3.46. The predicted molar refractivity (Wildman–Crippen MR) is 47.9 cm³/mol. The summed E-state index contributed by atoms with van der Waals surface area (Å²) in [6.45, 7) is 2.14. The largest absolute Gasteiger partial charge is 0.394 e. The van der Waals surface area contributed by atoms with Crippen LogP contribution in [0, 0.1) is 5.92 Å². The molecule has 1 fully saturated rings. The van der Waals surface area contributed by atoms with Crippen molar-refractivity contribution in [2.75, 3.05) is 5.73 Å². The molecule has 0 radical (unpaired) electrons. The van der Waals surface area contributed by atoms with Gasteiger partial charge in [0.15, 0.2) is 0 Å². The second-order valence-corrected chi connectivity index (χ2v) is 3.46. The molecule has 1 aliphatic rings. The molecule has 1 aliphatic carbocycles. The smallest absolute Gasteiger partial charge is 0.273 e. The number of nitrogens with zero attached hydrogens (tertiary/aromatic N) is 1. The Hall–Kier alpha value is -1.25. The van der Waals surface area contributed by atoms with Gasteiger partial charge in [-0.1, -0.05) is 6.92 Å². The first-order chi connectivity index (χ1) is 5.70. The first-order valence-electron chi connectivity index (χ1n) is 4.17. The lowest BCUT2D eigenvalue weighted by atomic mass is 10.4. The molecule has 1 saturated carbocycles. The first-order valence-corrected chi connectivity index (χ1v) is 4.17. The van der Waals surface area contributed by atoms with Gasteiger partial charge in [-0.25, -0.2) is 0 Å². The van der Waals surface area contributed by atoms with Gasteiger partial charge < -0.3 is 10.3 Å². The molecule has 2 rings (SSSR count). The second kappa shape index (κ2) is 2.37. The minimum Gasteiger partial charge on any atom is -0.394 e. The van der Waals surface area contributed by atoms with Gasteiger partial charge in [-0.3, -0.25) is 4.79 Å². The summed E-state index contributed by atoms with van der Waals surface area (Å²) in [6.07, 6.45) is 2.91. The zero-order valence-electron chi connectivity index (χ0n) is 7.03. The Morgan fingerprint density at radius 2 is 2.33 bits per heavy atom. The highest BCUT2D eigenvalue weighted by Crippen LogP contribution is 2.41. The highest BCUT2D eigenvalue weighted by Gasteiger charge is 2.34. The average molecular weight is 164 g/mol. The Labute approximate surface area is 70.8 Å². The summed E-state index contributed by atoms with van der Waals surface area (Å²) in [7, 11) is 0. The van der Waals surface area contributed by atoms with Crippen molar-refractivity contribution >= 4 is 5.69 Å². The molecule has 0 bridgehead atoms. The molecule has 2 N–H and O–H groups in total. The summed E-state index contributed by atoms with van der Waals surface area (Å²) in [5.74, 6) is 0.629. The summed E-state index contributed by atoms with van der Waals surface area (Å²) in [4.78, 5) is 11.4. The maximum absolute atomic E-state index is 11.4. The maximum atomic E-state index is 11.4. The van der Waals surface area contributed by atoms with Crippen LogP contribution in [-0.2, 0) is 0 Å². The Morgan fingerprint density at radius 3 is 2.92 bits per heavy atom. The lowest BCUT2D eigenvalue weighted by Crippen LogP contribution is -2.21. The summed E-state index contributed by atoms with van der Waals surface area (Å²) in [5.41, 5.74) is 5.79. The van der Waals surface area contributed by atoms with Crippen molar-refractivity contribution in [3.8, 4) is 0 Å². The third-order valence-electron chi connectivity index (χ3n) is 2.43. The van der Waals surface area contributed by atoms with E-state index in [2.05, 4.69) is 6.92 Å². The zero-order valence-corrected chi connectivity index (χ0v) is 7.03. The predicted octanol–water partition coefficient (Wildman–Crippen LogP) is 1.01. The standard InChI is InChI=1S/C9H12N2O/c1-6-5-8(6)11-4-2-3-7(10)9(11)12/h2-4,6,8H,5,10H2,1H3/t6-,8?/m0/s1. The number of hydrogen-bond acceptors (Lipinski definition) is 2. The Kier molecular flexibility index (Phi) is 1.46. The molecular weight excluding hydrogens is 152 g/mol. The molecule has 64 valence electrons. The normalized spacial score (nSPS) is 27.1. The van der Waals surface area contributed by atoms with E-state index in [-0.39, 0.29) is 5.56 Å². The molecule has 0 amide bonds. The summed E-state index contributed by atoms with van der Waals surface area (Å²) in [5, 5.41) is 0. The van der Waals surface area contributed by atoms with E-state index in [4.69, 9.17) is 5.73 Å². The van der Waals surface area contributed by atoms with E-state index in [9.17, 15) is 4.79 Å². The van der Waals surface area contributed by atoms with Crippen LogP contribution in [-0.4, -0.2) is 4.57 Å². The highest BCUT2D eigenvalue weighted by atomic mass is 16.1. The molecule has 3 nitrogen and oxygen atoms in total. The molecule has 2 atom stereocenters. The molecule has 0 saturated heterocycles. The Balaban J connectivity index is 2.45. The fourth-order valence-corrected chi connectivity index (χ4v) is 1.48. The average Bonchev–Trinajstić information content (AvgIpc) is 2.73. The lowest BCUT2D eigenvalue weighted by molar-refractivity contribution is 0.661. The summed E-state index contributed by atoms with van der Waals surface area (Å²) in [6, 6.07) is 3.86. The van der Waals surface area contributed by atoms with Gasteiger partial charge in [0.05, 0.1) is 5.69 Å². The number of anilines is 1. The summed E-state index contributed by atoms with van der Waals surface area (Å²) >= 11 is 0. The van der Waals surface area contributed by atoms with Crippen molar-refractivity contribution in [3.05, 3.63) is 28.7 Å². The van der Waals surface area contributed by atoms with Crippen LogP contribution >= 0.6 is 0 Å². The fraction of sp³-hybridized carbons (Fsp3) is 0.444. The lowest BCUT2D eigenvalue weighted by Gasteiger charge is -2.03. The molecular formula is C9H12N2O. The topological polar surface area (TPSA) is 48.0 Å². The molecule has 3 heteroatoms. The quantitative estimate of drug-likeness (QED) is 0.673. The van der Waals surface area contributed by atoms with Gasteiger partial charge >= 0.3 is 0 Å². The van der Waals surface area contributed by atoms with Crippen LogP contribution in [0.1, 0.15) is 19.4 Å². The van der Waals surface area contributed by atoms with E-state index < -0.39 is 0 Å². The van der Waals surface area contributed by atoms with Crippen LogP contribution in [0.15, 0.2) is 23.1 Å². The zero-order chi connectivity index (χ0) is 8.72. The fourth-order valence-electron chi connectivity index (χ4n) is 1.48. The van der Waals surface area contributed by atoms with Gasteiger partial charge in [-0.15, -0.1) is 0 Å². The van der Waals surface area contributed by atoms with Crippen LogP contribution in [0.5, 0.6) is 0 Å². The molecule has 1 aromatic rings. The van der Waals surface area contributed by atoms with Crippen molar-refractivity contribution in [3.63, 3.8) is 0 Å². The minimum atomic E-state index is -0.0492. The van der Waals surface area contributed by atoms with Crippen LogP contribution < -0.4 is 11.3 Å². The third-order valence-corrected chi connectivity index (χ3v) is 2.43. The Bertz CT molecular complexity index is 356. The van der Waals surface area contributed by atoms with Gasteiger partial charge in [0.2, 0.25) is 0 Å². The van der Waals surface area contributed by atoms with Gasteiger partial charge in [-0.2, -0.15) is 0 Å². The van der Waals surface area contributed by atoms with Crippen LogP contribution in [0.25, 0.3) is 0 Å². The number of hydrogen-bond donors (Lipinski definition) is 1. The SMILES string of the molecule is C[C@H]1CC1n1cccc(N)c1=O. The van der Waals surface area contributed by atoms with Crippen LogP contribution in [0.2, 0.25) is 0 Å².